The molecule has 2 N–H and O–H groups in total. The molecule has 3 aliphatic rings. The topological polar surface area (TPSA) is 49.6 Å². The number of likely N-dealkylation sites (tertiary alicyclic amines) is 2. The number of hydrogen-bond acceptors (Lipinski definition) is 3. The van der Waals surface area contributed by atoms with Gasteiger partial charge in [-0.3, -0.25) is 4.79 Å². The van der Waals surface area contributed by atoms with Crippen molar-refractivity contribution in [3.63, 3.8) is 0 Å². The summed E-state index contributed by atoms with van der Waals surface area (Å²) < 4.78 is 0. The summed E-state index contributed by atoms with van der Waals surface area (Å²) in [5, 5.41) is 0. The largest absolute Gasteiger partial charge is 0.342 e. The van der Waals surface area contributed by atoms with Crippen molar-refractivity contribution in [2.24, 2.45) is 17.6 Å². The Morgan fingerprint density at radius 2 is 1.73 bits per heavy atom. The first-order chi connectivity index (χ1) is 10.7. The van der Waals surface area contributed by atoms with Gasteiger partial charge in [-0.2, -0.15) is 0 Å². The summed E-state index contributed by atoms with van der Waals surface area (Å²) in [4.78, 5) is 17.5. The molecule has 22 heavy (non-hydrogen) atoms. The number of hydrogen-bond donors (Lipinski definition) is 1. The normalized spacial score (nSPS) is 34.6. The number of carbonyl (C=O) groups excluding carboxylic acids is 1. The lowest BCUT2D eigenvalue weighted by atomic mass is 9.95. The molecule has 3 rings (SSSR count). The van der Waals surface area contributed by atoms with Gasteiger partial charge in [-0.05, 0) is 64.0 Å². The molecular weight excluding hydrogens is 274 g/mol. The zero-order valence-corrected chi connectivity index (χ0v) is 14.0. The highest BCUT2D eigenvalue weighted by Crippen LogP contribution is 2.28. The maximum atomic E-state index is 12.7. The van der Waals surface area contributed by atoms with Crippen molar-refractivity contribution in [2.45, 2.75) is 63.8 Å². The molecule has 4 nitrogen and oxygen atoms in total. The number of piperidine rings is 1. The molecular formula is C18H33N3O. The van der Waals surface area contributed by atoms with Crippen LogP contribution in [-0.2, 0) is 4.79 Å². The molecule has 2 saturated heterocycles. The third kappa shape index (κ3) is 4.23. The fourth-order valence-corrected chi connectivity index (χ4v) is 4.60. The van der Waals surface area contributed by atoms with Gasteiger partial charge in [0.2, 0.25) is 5.91 Å². The van der Waals surface area contributed by atoms with Gasteiger partial charge < -0.3 is 15.5 Å². The quantitative estimate of drug-likeness (QED) is 0.870. The molecule has 0 bridgehead atoms. The molecule has 2 heterocycles. The zero-order chi connectivity index (χ0) is 15.4. The third-order valence-corrected chi connectivity index (χ3v) is 5.87. The Morgan fingerprint density at radius 1 is 0.955 bits per heavy atom. The average molecular weight is 307 g/mol. The Labute approximate surface area is 135 Å². The molecule has 4 heteroatoms. The van der Waals surface area contributed by atoms with Gasteiger partial charge >= 0.3 is 0 Å². The highest BCUT2D eigenvalue weighted by molar-refractivity contribution is 5.79. The maximum absolute atomic E-state index is 12.7. The van der Waals surface area contributed by atoms with Crippen LogP contribution >= 0.6 is 0 Å². The van der Waals surface area contributed by atoms with Crippen LogP contribution in [0.25, 0.3) is 0 Å². The summed E-state index contributed by atoms with van der Waals surface area (Å²) in [5.74, 6) is 1.30. The van der Waals surface area contributed by atoms with Crippen molar-refractivity contribution in [1.29, 1.82) is 0 Å². The second-order valence-electron chi connectivity index (χ2n) is 7.78. The van der Waals surface area contributed by atoms with Crippen LogP contribution in [0.3, 0.4) is 0 Å². The SMILES string of the molecule is NC1CCC(C(=O)N2CCCC(CN3CCCCCC3)C2)C1. The van der Waals surface area contributed by atoms with Crippen molar-refractivity contribution in [3.8, 4) is 0 Å². The molecule has 3 fully saturated rings. The lowest BCUT2D eigenvalue weighted by molar-refractivity contribution is -0.137. The highest BCUT2D eigenvalue weighted by atomic mass is 16.2. The van der Waals surface area contributed by atoms with E-state index in [1.165, 1.54) is 58.2 Å². The Hall–Kier alpha value is -0.610. The van der Waals surface area contributed by atoms with Crippen LogP contribution < -0.4 is 5.73 Å². The van der Waals surface area contributed by atoms with Crippen molar-refractivity contribution < 1.29 is 4.79 Å². The minimum Gasteiger partial charge on any atom is -0.342 e. The first-order valence-electron chi connectivity index (χ1n) is 9.49. The first kappa shape index (κ1) is 16.3. The molecule has 0 aromatic heterocycles. The van der Waals surface area contributed by atoms with E-state index in [-0.39, 0.29) is 12.0 Å². The molecule has 1 saturated carbocycles. The maximum Gasteiger partial charge on any atom is 0.225 e. The zero-order valence-electron chi connectivity index (χ0n) is 14.0. The van der Waals surface area contributed by atoms with Crippen LogP contribution in [0.15, 0.2) is 0 Å². The molecule has 1 amide bonds. The van der Waals surface area contributed by atoms with Crippen molar-refractivity contribution in [1.82, 2.24) is 9.80 Å². The van der Waals surface area contributed by atoms with Crippen LogP contribution in [0.1, 0.15) is 57.8 Å². The van der Waals surface area contributed by atoms with Crippen molar-refractivity contribution in [3.05, 3.63) is 0 Å². The molecule has 0 aromatic rings. The Bertz CT molecular complexity index is 365. The molecule has 1 aliphatic carbocycles. The van der Waals surface area contributed by atoms with E-state index in [9.17, 15) is 4.79 Å². The summed E-state index contributed by atoms with van der Waals surface area (Å²) >= 11 is 0. The van der Waals surface area contributed by atoms with Gasteiger partial charge in [-0.1, -0.05) is 12.8 Å². The van der Waals surface area contributed by atoms with Crippen LogP contribution in [0.5, 0.6) is 0 Å². The number of rotatable bonds is 3. The van der Waals surface area contributed by atoms with Crippen LogP contribution in [0.4, 0.5) is 0 Å². The van der Waals surface area contributed by atoms with E-state index in [2.05, 4.69) is 9.80 Å². The molecule has 126 valence electrons. The summed E-state index contributed by atoms with van der Waals surface area (Å²) in [5.41, 5.74) is 5.98. The second-order valence-corrected chi connectivity index (χ2v) is 7.78. The first-order valence-corrected chi connectivity index (χ1v) is 9.49. The summed E-state index contributed by atoms with van der Waals surface area (Å²) in [6, 6.07) is 0.256. The van der Waals surface area contributed by atoms with E-state index in [1.807, 2.05) is 0 Å². The smallest absolute Gasteiger partial charge is 0.225 e. The molecule has 0 radical (unpaired) electrons. The fourth-order valence-electron chi connectivity index (χ4n) is 4.60. The summed E-state index contributed by atoms with van der Waals surface area (Å²) in [6.45, 7) is 5.69. The van der Waals surface area contributed by atoms with Crippen molar-refractivity contribution in [2.75, 3.05) is 32.7 Å². The van der Waals surface area contributed by atoms with E-state index < -0.39 is 0 Å². The Balaban J connectivity index is 1.49. The average Bonchev–Trinajstić information content (AvgIpc) is 2.80. The Kier molecular flexibility index (Phi) is 5.75. The minimum absolute atomic E-state index is 0.215. The van der Waals surface area contributed by atoms with E-state index in [0.29, 0.717) is 11.8 Å². The molecule has 2 aliphatic heterocycles. The van der Waals surface area contributed by atoms with Gasteiger partial charge in [0.25, 0.3) is 0 Å². The Morgan fingerprint density at radius 3 is 2.41 bits per heavy atom. The minimum atomic E-state index is 0.215. The van der Waals surface area contributed by atoms with Crippen LogP contribution in [0, 0.1) is 11.8 Å². The lowest BCUT2D eigenvalue weighted by Gasteiger charge is -2.36. The fraction of sp³-hybridized carbons (Fsp3) is 0.944. The van der Waals surface area contributed by atoms with E-state index in [0.717, 1.165) is 32.4 Å². The van der Waals surface area contributed by atoms with Gasteiger partial charge in [0.1, 0.15) is 0 Å². The monoisotopic (exact) mass is 307 g/mol. The standard InChI is InChI=1S/C18H33N3O/c19-17-8-7-16(12-17)18(22)21-11-5-6-15(14-21)13-20-9-3-1-2-4-10-20/h15-17H,1-14,19H2. The summed E-state index contributed by atoms with van der Waals surface area (Å²) in [6.07, 6.45) is 10.9. The summed E-state index contributed by atoms with van der Waals surface area (Å²) in [7, 11) is 0. The van der Waals surface area contributed by atoms with Gasteiger partial charge in [0, 0.05) is 31.6 Å². The predicted molar refractivity (Wildman–Crippen MR) is 89.5 cm³/mol. The molecule has 3 unspecified atom stereocenters. The molecule has 0 aromatic carbocycles. The third-order valence-electron chi connectivity index (χ3n) is 5.87. The highest BCUT2D eigenvalue weighted by Gasteiger charge is 2.33. The van der Waals surface area contributed by atoms with E-state index in [1.54, 1.807) is 0 Å². The molecule has 0 spiro atoms. The predicted octanol–water partition coefficient (Wildman–Crippen LogP) is 2.23. The van der Waals surface area contributed by atoms with Gasteiger partial charge in [-0.15, -0.1) is 0 Å². The lowest BCUT2D eigenvalue weighted by Crippen LogP contribution is -2.45. The van der Waals surface area contributed by atoms with Gasteiger partial charge in [0.05, 0.1) is 0 Å². The van der Waals surface area contributed by atoms with Crippen LogP contribution in [-0.4, -0.2) is 54.5 Å². The number of carbonyl (C=O) groups is 1. The second kappa shape index (κ2) is 7.78. The van der Waals surface area contributed by atoms with Gasteiger partial charge in [-0.25, -0.2) is 0 Å². The number of nitrogens with two attached hydrogens (primary N) is 1. The molecule has 3 atom stereocenters. The van der Waals surface area contributed by atoms with E-state index in [4.69, 9.17) is 5.73 Å². The number of nitrogens with zero attached hydrogens (tertiary/aromatic N) is 2. The van der Waals surface area contributed by atoms with Crippen LogP contribution in [0.2, 0.25) is 0 Å². The van der Waals surface area contributed by atoms with E-state index >= 15 is 0 Å². The number of amides is 1. The van der Waals surface area contributed by atoms with Crippen molar-refractivity contribution >= 4 is 5.91 Å². The van der Waals surface area contributed by atoms with Gasteiger partial charge in [0.15, 0.2) is 0 Å².